The summed E-state index contributed by atoms with van der Waals surface area (Å²) < 4.78 is 10.8. The molecular formula is C17H16Cl2N2O4. The summed E-state index contributed by atoms with van der Waals surface area (Å²) in [6.45, 7) is 1.56. The van der Waals surface area contributed by atoms with Crippen LogP contribution >= 0.6 is 23.2 Å². The van der Waals surface area contributed by atoms with E-state index in [1.165, 1.54) is 6.07 Å². The van der Waals surface area contributed by atoms with Gasteiger partial charge in [-0.15, -0.1) is 0 Å². The molecule has 0 aromatic heterocycles. The fourth-order valence-electron chi connectivity index (χ4n) is 2.80. The molecule has 2 aromatic carbocycles. The van der Waals surface area contributed by atoms with Gasteiger partial charge in [-0.3, -0.25) is 15.0 Å². The predicted molar refractivity (Wildman–Crippen MR) is 95.0 cm³/mol. The largest absolute Gasteiger partial charge is 0.467 e. The number of hydrogen-bond acceptors (Lipinski definition) is 5. The maximum atomic E-state index is 11.2. The number of nitrogens with zero attached hydrogens (tertiary/aromatic N) is 2. The summed E-state index contributed by atoms with van der Waals surface area (Å²) in [5.74, 6) is 0.665. The van der Waals surface area contributed by atoms with Gasteiger partial charge in [-0.25, -0.2) is 0 Å². The van der Waals surface area contributed by atoms with E-state index < -0.39 is 4.92 Å². The van der Waals surface area contributed by atoms with Crippen LogP contribution < -0.4 is 4.74 Å². The number of hydrogen-bond donors (Lipinski definition) is 0. The third-order valence-electron chi connectivity index (χ3n) is 3.86. The van der Waals surface area contributed by atoms with Gasteiger partial charge in [0.1, 0.15) is 5.75 Å². The second-order valence-electron chi connectivity index (χ2n) is 5.88. The van der Waals surface area contributed by atoms with Crippen molar-refractivity contribution in [1.29, 1.82) is 0 Å². The highest BCUT2D eigenvalue weighted by Gasteiger charge is 2.21. The van der Waals surface area contributed by atoms with Crippen LogP contribution in [0.4, 0.5) is 5.69 Å². The van der Waals surface area contributed by atoms with Gasteiger partial charge in [0.05, 0.1) is 21.6 Å². The Morgan fingerprint density at radius 3 is 2.72 bits per heavy atom. The van der Waals surface area contributed by atoms with Gasteiger partial charge in [0, 0.05) is 36.3 Å². The van der Waals surface area contributed by atoms with Crippen LogP contribution in [0.5, 0.6) is 5.75 Å². The van der Waals surface area contributed by atoms with Crippen molar-refractivity contribution in [2.24, 2.45) is 0 Å². The van der Waals surface area contributed by atoms with Crippen molar-refractivity contribution < 1.29 is 14.4 Å². The van der Waals surface area contributed by atoms with E-state index >= 15 is 0 Å². The molecule has 2 aromatic rings. The molecule has 0 atom stereocenters. The van der Waals surface area contributed by atoms with Crippen molar-refractivity contribution >= 4 is 28.9 Å². The minimum Gasteiger partial charge on any atom is -0.467 e. The summed E-state index contributed by atoms with van der Waals surface area (Å²) in [6, 6.07) is 8.51. The Bertz CT molecular complexity index is 813. The summed E-state index contributed by atoms with van der Waals surface area (Å²) in [5, 5.41) is 12.2. The van der Waals surface area contributed by atoms with E-state index in [-0.39, 0.29) is 12.5 Å². The van der Waals surface area contributed by atoms with E-state index in [1.54, 1.807) is 12.1 Å². The van der Waals surface area contributed by atoms with Crippen LogP contribution in [0, 0.1) is 10.1 Å². The third-order valence-corrected chi connectivity index (χ3v) is 4.60. The Kier molecular flexibility index (Phi) is 5.44. The third kappa shape index (κ3) is 4.22. The first-order chi connectivity index (χ1) is 11.9. The molecule has 1 aliphatic rings. The van der Waals surface area contributed by atoms with Crippen LogP contribution in [0.3, 0.4) is 0 Å². The van der Waals surface area contributed by atoms with Gasteiger partial charge in [-0.05, 0) is 24.7 Å². The van der Waals surface area contributed by atoms with Crippen molar-refractivity contribution in [1.82, 2.24) is 4.90 Å². The Hall–Kier alpha value is -1.86. The molecule has 8 heteroatoms. The molecule has 132 valence electrons. The fraction of sp³-hybridized carbons (Fsp3) is 0.294. The molecule has 3 rings (SSSR count). The summed E-state index contributed by atoms with van der Waals surface area (Å²) in [6.07, 6.45) is 0. The van der Waals surface area contributed by atoms with E-state index in [0.717, 1.165) is 11.1 Å². The number of nitro groups is 1. The Morgan fingerprint density at radius 2 is 2.00 bits per heavy atom. The summed E-state index contributed by atoms with van der Waals surface area (Å²) in [7, 11) is 1.92. The number of fused-ring (bicyclic) bond motifs is 1. The number of rotatable bonds is 5. The quantitative estimate of drug-likeness (QED) is 0.566. The van der Waals surface area contributed by atoms with E-state index in [0.29, 0.717) is 41.1 Å². The van der Waals surface area contributed by atoms with E-state index in [1.807, 2.05) is 24.1 Å². The highest BCUT2D eigenvalue weighted by molar-refractivity contribution is 6.42. The number of non-ortho nitro benzene ring substituents is 1. The molecule has 0 unspecified atom stereocenters. The van der Waals surface area contributed by atoms with Crippen molar-refractivity contribution in [3.8, 4) is 5.75 Å². The monoisotopic (exact) mass is 382 g/mol. The van der Waals surface area contributed by atoms with Crippen LogP contribution in [-0.2, 0) is 24.4 Å². The van der Waals surface area contributed by atoms with Gasteiger partial charge >= 0.3 is 0 Å². The van der Waals surface area contributed by atoms with Crippen molar-refractivity contribution in [3.63, 3.8) is 0 Å². The van der Waals surface area contributed by atoms with Crippen molar-refractivity contribution in [2.75, 3.05) is 13.8 Å². The lowest BCUT2D eigenvalue weighted by Crippen LogP contribution is -2.20. The van der Waals surface area contributed by atoms with Crippen LogP contribution in [0.1, 0.15) is 16.7 Å². The zero-order valence-corrected chi connectivity index (χ0v) is 15.0. The number of benzene rings is 2. The number of nitro benzene ring substituents is 1. The molecule has 0 fully saturated rings. The summed E-state index contributed by atoms with van der Waals surface area (Å²) >= 11 is 12.0. The summed E-state index contributed by atoms with van der Waals surface area (Å²) in [4.78, 5) is 12.8. The molecule has 25 heavy (non-hydrogen) atoms. The average molecular weight is 383 g/mol. The van der Waals surface area contributed by atoms with E-state index in [4.69, 9.17) is 32.7 Å². The standard InChI is InChI=1S/C17H16Cl2N2O4/c1-20(7-11-2-3-15(18)16(19)4-11)8-12-5-14(21(22)23)6-13-9-24-10-25-17(12)13/h2-6H,7-10H2,1H3. The van der Waals surface area contributed by atoms with Crippen molar-refractivity contribution in [2.45, 2.75) is 19.7 Å². The van der Waals surface area contributed by atoms with Crippen LogP contribution in [-0.4, -0.2) is 23.7 Å². The first-order valence-corrected chi connectivity index (χ1v) is 8.33. The molecule has 1 heterocycles. The van der Waals surface area contributed by atoms with Crippen LogP contribution in [0.15, 0.2) is 30.3 Å². The zero-order valence-electron chi connectivity index (χ0n) is 13.5. The highest BCUT2D eigenvalue weighted by Crippen LogP contribution is 2.33. The molecule has 0 N–H and O–H groups in total. The Morgan fingerprint density at radius 1 is 1.20 bits per heavy atom. The minimum absolute atomic E-state index is 0.0331. The zero-order chi connectivity index (χ0) is 18.0. The van der Waals surface area contributed by atoms with E-state index in [9.17, 15) is 10.1 Å². The lowest BCUT2D eigenvalue weighted by molar-refractivity contribution is -0.385. The molecule has 0 spiro atoms. The van der Waals surface area contributed by atoms with Crippen LogP contribution in [0.2, 0.25) is 10.0 Å². The molecule has 1 aliphatic heterocycles. The van der Waals surface area contributed by atoms with Gasteiger partial charge in [0.25, 0.3) is 5.69 Å². The normalized spacial score (nSPS) is 13.4. The molecule has 6 nitrogen and oxygen atoms in total. The lowest BCUT2D eigenvalue weighted by Gasteiger charge is -2.23. The first-order valence-electron chi connectivity index (χ1n) is 7.57. The minimum atomic E-state index is -0.405. The second kappa shape index (κ2) is 7.58. The Balaban J connectivity index is 1.82. The number of halogens is 2. The second-order valence-corrected chi connectivity index (χ2v) is 6.70. The van der Waals surface area contributed by atoms with Crippen molar-refractivity contribution in [3.05, 3.63) is 67.2 Å². The first kappa shape index (κ1) is 17.9. The lowest BCUT2D eigenvalue weighted by atomic mass is 10.1. The molecule has 0 bridgehead atoms. The maximum Gasteiger partial charge on any atom is 0.270 e. The molecule has 0 saturated carbocycles. The van der Waals surface area contributed by atoms with Gasteiger partial charge in [-0.1, -0.05) is 29.3 Å². The summed E-state index contributed by atoms with van der Waals surface area (Å²) in [5.41, 5.74) is 2.49. The molecule has 0 aliphatic carbocycles. The van der Waals surface area contributed by atoms with Crippen LogP contribution in [0.25, 0.3) is 0 Å². The predicted octanol–water partition coefficient (Wildman–Crippen LogP) is 4.40. The van der Waals surface area contributed by atoms with E-state index in [2.05, 4.69) is 0 Å². The van der Waals surface area contributed by atoms with Gasteiger partial charge in [0.15, 0.2) is 6.79 Å². The average Bonchev–Trinajstić information content (AvgIpc) is 2.58. The fourth-order valence-corrected chi connectivity index (χ4v) is 3.12. The van der Waals surface area contributed by atoms with Gasteiger partial charge in [0.2, 0.25) is 0 Å². The molecule has 0 amide bonds. The molecule has 0 saturated heterocycles. The maximum absolute atomic E-state index is 11.2. The molecule has 0 radical (unpaired) electrons. The van der Waals surface area contributed by atoms with Gasteiger partial charge in [-0.2, -0.15) is 0 Å². The van der Waals surface area contributed by atoms with Gasteiger partial charge < -0.3 is 9.47 Å². The Labute approximate surface area is 155 Å². The number of ether oxygens (including phenoxy) is 2. The molecular weight excluding hydrogens is 367 g/mol. The SMILES string of the molecule is CN(Cc1ccc(Cl)c(Cl)c1)Cc1cc([N+](=O)[O-])cc2c1OCOC2. The smallest absolute Gasteiger partial charge is 0.270 e. The highest BCUT2D eigenvalue weighted by atomic mass is 35.5. The topological polar surface area (TPSA) is 64.8 Å².